The standard InChI is InChI=1S/C21H18N6O2/c28-20(13-4-3-5-15(10-13)27-12-22-25-26-27)23-14-8-9-17-16-6-1-2-7-18(16)21(29)24-19(17)11-14/h3-5,8-12,17H,1-2,6-7H2,(H,24,29). The molecule has 144 valence electrons. The molecular weight excluding hydrogens is 368 g/mol. The lowest BCUT2D eigenvalue weighted by Crippen LogP contribution is -2.37. The largest absolute Gasteiger partial charge is 0.325 e. The van der Waals surface area contributed by atoms with Crippen LogP contribution in [0.4, 0.5) is 0 Å². The maximum Gasteiger partial charge on any atom is 0.277 e. The summed E-state index contributed by atoms with van der Waals surface area (Å²) in [7, 11) is 0. The van der Waals surface area contributed by atoms with Gasteiger partial charge in [0.1, 0.15) is 6.33 Å². The first-order chi connectivity index (χ1) is 14.2. The Hall–Kier alpha value is -3.68. The van der Waals surface area contributed by atoms with E-state index in [-0.39, 0.29) is 17.7 Å². The molecule has 0 bridgehead atoms. The summed E-state index contributed by atoms with van der Waals surface area (Å²) >= 11 is 0. The number of tetrazole rings is 1. The monoisotopic (exact) mass is 386 g/mol. The normalized spacial score (nSPS) is 22.1. The Morgan fingerprint density at radius 3 is 3.00 bits per heavy atom. The average Bonchev–Trinajstić information content (AvgIpc) is 3.29. The molecule has 1 aromatic heterocycles. The first-order valence-electron chi connectivity index (χ1n) is 9.58. The molecule has 0 spiro atoms. The number of carbonyl (C=O) groups is 2. The van der Waals surface area contributed by atoms with Gasteiger partial charge in [-0.2, -0.15) is 0 Å². The van der Waals surface area contributed by atoms with E-state index in [4.69, 9.17) is 0 Å². The summed E-state index contributed by atoms with van der Waals surface area (Å²) in [5, 5.41) is 14.0. The van der Waals surface area contributed by atoms with Crippen LogP contribution in [0.2, 0.25) is 0 Å². The number of allylic oxidation sites excluding steroid dienone is 3. The number of amides is 2. The van der Waals surface area contributed by atoms with Gasteiger partial charge in [-0.25, -0.2) is 9.67 Å². The van der Waals surface area contributed by atoms with Crippen LogP contribution in [0.3, 0.4) is 0 Å². The van der Waals surface area contributed by atoms with E-state index in [1.807, 2.05) is 12.2 Å². The first kappa shape index (κ1) is 17.4. The van der Waals surface area contributed by atoms with Crippen LogP contribution in [-0.4, -0.2) is 37.7 Å². The average molecular weight is 386 g/mol. The van der Waals surface area contributed by atoms with Crippen molar-refractivity contribution in [3.8, 4) is 5.69 Å². The van der Waals surface area contributed by atoms with Crippen molar-refractivity contribution in [3.05, 3.63) is 71.2 Å². The zero-order valence-corrected chi connectivity index (χ0v) is 15.6. The van der Waals surface area contributed by atoms with Gasteiger partial charge in [0.25, 0.3) is 11.8 Å². The zero-order valence-electron chi connectivity index (χ0n) is 15.6. The van der Waals surface area contributed by atoms with Crippen molar-refractivity contribution in [1.29, 1.82) is 0 Å². The molecule has 1 atom stereocenters. The van der Waals surface area contributed by atoms with Crippen molar-refractivity contribution in [3.63, 3.8) is 0 Å². The van der Waals surface area contributed by atoms with E-state index in [9.17, 15) is 9.59 Å². The summed E-state index contributed by atoms with van der Waals surface area (Å²) in [4.78, 5) is 29.3. The van der Waals surface area contributed by atoms with E-state index >= 15 is 0 Å². The quantitative estimate of drug-likeness (QED) is 0.853. The number of hydrogen-bond donors (Lipinski definition) is 1. The number of benzene rings is 1. The number of fused-ring (bicyclic) bond motifs is 2. The number of nitrogens with zero attached hydrogens (tertiary/aromatic N) is 5. The molecule has 0 saturated heterocycles. The van der Waals surface area contributed by atoms with Crippen molar-refractivity contribution in [1.82, 2.24) is 25.5 Å². The predicted molar refractivity (Wildman–Crippen MR) is 105 cm³/mol. The molecule has 1 N–H and O–H groups in total. The Balaban J connectivity index is 1.42. The molecule has 1 unspecified atom stereocenters. The molecule has 1 aromatic carbocycles. The Morgan fingerprint density at radius 1 is 1.24 bits per heavy atom. The summed E-state index contributed by atoms with van der Waals surface area (Å²) < 4.78 is 1.48. The van der Waals surface area contributed by atoms with Crippen molar-refractivity contribution in [2.24, 2.45) is 10.9 Å². The second-order valence-corrected chi connectivity index (χ2v) is 7.25. The van der Waals surface area contributed by atoms with Crippen molar-refractivity contribution in [2.75, 3.05) is 0 Å². The van der Waals surface area contributed by atoms with E-state index in [1.54, 1.807) is 30.3 Å². The summed E-state index contributed by atoms with van der Waals surface area (Å²) in [5.41, 5.74) is 4.57. The molecule has 0 saturated carbocycles. The number of carbonyl (C=O) groups excluding carboxylic acids is 2. The minimum atomic E-state index is -0.366. The Kier molecular flexibility index (Phi) is 4.23. The predicted octanol–water partition coefficient (Wildman–Crippen LogP) is 2.31. The number of aromatic nitrogens is 4. The molecule has 0 fully saturated rings. The highest BCUT2D eigenvalue weighted by atomic mass is 16.2. The summed E-state index contributed by atoms with van der Waals surface area (Å²) in [6.45, 7) is 0. The zero-order chi connectivity index (χ0) is 19.8. The lowest BCUT2D eigenvalue weighted by atomic mass is 9.77. The second-order valence-electron chi connectivity index (χ2n) is 7.25. The second kappa shape index (κ2) is 7.05. The minimum absolute atomic E-state index is 0.0164. The molecule has 1 aliphatic heterocycles. The molecule has 2 aliphatic carbocycles. The molecule has 2 amide bonds. The van der Waals surface area contributed by atoms with Gasteiger partial charge in [0.2, 0.25) is 0 Å². The number of rotatable bonds is 2. The van der Waals surface area contributed by atoms with Crippen molar-refractivity contribution >= 4 is 17.5 Å². The van der Waals surface area contributed by atoms with Crippen LogP contribution in [0.5, 0.6) is 0 Å². The van der Waals surface area contributed by atoms with Gasteiger partial charge in [0.15, 0.2) is 0 Å². The lowest BCUT2D eigenvalue weighted by molar-refractivity contribution is -0.117. The molecule has 0 radical (unpaired) electrons. The fourth-order valence-corrected chi connectivity index (χ4v) is 4.06. The summed E-state index contributed by atoms with van der Waals surface area (Å²) in [5.74, 6) is -0.299. The summed E-state index contributed by atoms with van der Waals surface area (Å²) in [6, 6.07) is 6.95. The molecule has 2 aromatic rings. The smallest absolute Gasteiger partial charge is 0.277 e. The van der Waals surface area contributed by atoms with Crippen LogP contribution in [0, 0.1) is 5.92 Å². The van der Waals surface area contributed by atoms with Crippen LogP contribution in [0.25, 0.3) is 5.69 Å². The summed E-state index contributed by atoms with van der Waals surface area (Å²) in [6.07, 6.45) is 11.1. The Labute approximate surface area is 166 Å². The van der Waals surface area contributed by atoms with Gasteiger partial charge in [-0.1, -0.05) is 12.1 Å². The van der Waals surface area contributed by atoms with E-state index < -0.39 is 0 Å². The fraction of sp³-hybridized carbons (Fsp3) is 0.238. The molecule has 5 rings (SSSR count). The van der Waals surface area contributed by atoms with E-state index in [0.29, 0.717) is 17.0 Å². The molecular formula is C21H18N6O2. The van der Waals surface area contributed by atoms with Crippen molar-refractivity contribution < 1.29 is 9.59 Å². The SMILES string of the molecule is O=C1NC2=CC(=NC(=O)c3cccc(-n4cnnn4)c3)C=CC2C2=C1CCCC2. The number of hydrogen-bond acceptors (Lipinski definition) is 5. The van der Waals surface area contributed by atoms with Crippen LogP contribution < -0.4 is 5.32 Å². The Morgan fingerprint density at radius 2 is 2.14 bits per heavy atom. The third-order valence-electron chi connectivity index (χ3n) is 5.45. The number of nitrogens with one attached hydrogen (secondary N) is 1. The van der Waals surface area contributed by atoms with Crippen LogP contribution in [0.1, 0.15) is 36.0 Å². The van der Waals surface area contributed by atoms with Crippen LogP contribution in [0.15, 0.2) is 70.7 Å². The van der Waals surface area contributed by atoms with Gasteiger partial charge in [-0.05, 0) is 72.0 Å². The van der Waals surface area contributed by atoms with Crippen LogP contribution >= 0.6 is 0 Å². The third-order valence-corrected chi connectivity index (χ3v) is 5.45. The molecule has 3 aliphatic rings. The van der Waals surface area contributed by atoms with Crippen LogP contribution in [-0.2, 0) is 4.79 Å². The maximum atomic E-state index is 12.7. The first-order valence-corrected chi connectivity index (χ1v) is 9.58. The van der Waals surface area contributed by atoms with Gasteiger partial charge in [-0.3, -0.25) is 9.59 Å². The lowest BCUT2D eigenvalue weighted by Gasteiger charge is -2.33. The fourth-order valence-electron chi connectivity index (χ4n) is 4.06. The number of aliphatic imine (C=N–C) groups is 1. The highest BCUT2D eigenvalue weighted by Crippen LogP contribution is 2.38. The molecule has 2 heterocycles. The van der Waals surface area contributed by atoms with E-state index in [2.05, 4.69) is 25.8 Å². The van der Waals surface area contributed by atoms with Crippen molar-refractivity contribution in [2.45, 2.75) is 25.7 Å². The van der Waals surface area contributed by atoms with Gasteiger partial charge in [0.05, 0.1) is 11.4 Å². The highest BCUT2D eigenvalue weighted by molar-refractivity contribution is 6.14. The van der Waals surface area contributed by atoms with E-state index in [0.717, 1.165) is 37.0 Å². The van der Waals surface area contributed by atoms with Gasteiger partial charge in [0, 0.05) is 22.8 Å². The Bertz CT molecular complexity index is 1120. The topological polar surface area (TPSA) is 102 Å². The van der Waals surface area contributed by atoms with Gasteiger partial charge >= 0.3 is 0 Å². The maximum absolute atomic E-state index is 12.7. The molecule has 29 heavy (non-hydrogen) atoms. The van der Waals surface area contributed by atoms with Gasteiger partial charge < -0.3 is 5.32 Å². The minimum Gasteiger partial charge on any atom is -0.325 e. The van der Waals surface area contributed by atoms with E-state index in [1.165, 1.54) is 16.6 Å². The third kappa shape index (κ3) is 3.22. The molecule has 8 heteroatoms. The van der Waals surface area contributed by atoms with Gasteiger partial charge in [-0.15, -0.1) is 5.10 Å². The highest BCUT2D eigenvalue weighted by Gasteiger charge is 2.33. The molecule has 8 nitrogen and oxygen atoms in total.